The minimum Gasteiger partial charge on any atom is -0.434 e. The zero-order chi connectivity index (χ0) is 18.7. The Balaban J connectivity index is 1.81. The molecule has 27 heavy (non-hydrogen) atoms. The van der Waals surface area contributed by atoms with Crippen molar-refractivity contribution in [1.82, 2.24) is 9.55 Å². The van der Waals surface area contributed by atoms with Gasteiger partial charge in [0.1, 0.15) is 17.6 Å². The zero-order valence-electron chi connectivity index (χ0n) is 14.2. The SMILES string of the molecule is CSC1=N[C@@H]2C[C@H](c3c(OC(F)F)cccc31)n1c2nc2ccc(Cl)cc21. The molecule has 2 aromatic carbocycles. The van der Waals surface area contributed by atoms with Crippen LogP contribution < -0.4 is 4.74 Å². The van der Waals surface area contributed by atoms with Crippen molar-refractivity contribution < 1.29 is 13.5 Å². The molecule has 0 fully saturated rings. The Hall–Kier alpha value is -2.12. The summed E-state index contributed by atoms with van der Waals surface area (Å²) in [5.41, 5.74) is 3.26. The lowest BCUT2D eigenvalue weighted by Gasteiger charge is -2.22. The minimum absolute atomic E-state index is 0.129. The summed E-state index contributed by atoms with van der Waals surface area (Å²) in [6.07, 6.45) is 2.59. The van der Waals surface area contributed by atoms with E-state index < -0.39 is 6.61 Å². The van der Waals surface area contributed by atoms with E-state index in [9.17, 15) is 8.78 Å². The summed E-state index contributed by atoms with van der Waals surface area (Å²) in [6, 6.07) is 10.4. The van der Waals surface area contributed by atoms with E-state index in [4.69, 9.17) is 26.3 Å². The van der Waals surface area contributed by atoms with Crippen molar-refractivity contribution in [3.8, 4) is 5.75 Å². The highest BCUT2D eigenvalue weighted by molar-refractivity contribution is 8.13. The first-order valence-electron chi connectivity index (χ1n) is 8.44. The standard InChI is InChI=1S/C19H14ClF2N3OS/c1-27-18-10-3-2-4-15(26-19(21)22)16(10)14-8-12(24-18)17-23-11-6-5-9(20)7-13(11)25(14)17/h2-7,12,14,19H,8H2,1H3/t12-,14-/m1/s1. The number of alkyl halides is 2. The predicted molar refractivity (Wildman–Crippen MR) is 103 cm³/mol. The van der Waals surface area contributed by atoms with E-state index in [1.807, 2.05) is 24.5 Å². The number of thioether (sulfide) groups is 1. The highest BCUT2D eigenvalue weighted by atomic mass is 35.5. The lowest BCUT2D eigenvalue weighted by atomic mass is 9.98. The van der Waals surface area contributed by atoms with Crippen LogP contribution in [0.15, 0.2) is 41.4 Å². The Morgan fingerprint density at radius 3 is 2.93 bits per heavy atom. The largest absolute Gasteiger partial charge is 0.434 e. The van der Waals surface area contributed by atoms with Gasteiger partial charge in [-0.1, -0.05) is 23.7 Å². The summed E-state index contributed by atoms with van der Waals surface area (Å²) in [7, 11) is 0. The molecule has 0 radical (unpaired) electrons. The summed E-state index contributed by atoms with van der Waals surface area (Å²) >= 11 is 7.70. The van der Waals surface area contributed by atoms with Gasteiger partial charge in [0.2, 0.25) is 0 Å². The Bertz CT molecular complexity index is 1100. The highest BCUT2D eigenvalue weighted by Crippen LogP contribution is 2.49. The maximum absolute atomic E-state index is 13.1. The highest BCUT2D eigenvalue weighted by Gasteiger charge is 2.40. The van der Waals surface area contributed by atoms with Crippen LogP contribution in [0.2, 0.25) is 5.02 Å². The number of rotatable bonds is 2. The molecule has 0 amide bonds. The van der Waals surface area contributed by atoms with Gasteiger partial charge in [-0.05, 0) is 30.5 Å². The van der Waals surface area contributed by atoms with Crippen LogP contribution in [-0.2, 0) is 0 Å². The number of ether oxygens (including phenoxy) is 1. The molecule has 0 spiro atoms. The average molecular weight is 406 g/mol. The molecule has 4 nitrogen and oxygen atoms in total. The summed E-state index contributed by atoms with van der Waals surface area (Å²) in [5.74, 6) is 1.02. The second kappa shape index (κ2) is 6.21. The summed E-state index contributed by atoms with van der Waals surface area (Å²) < 4.78 is 33.1. The van der Waals surface area contributed by atoms with Crippen molar-refractivity contribution in [1.29, 1.82) is 0 Å². The molecule has 2 aliphatic rings. The summed E-state index contributed by atoms with van der Waals surface area (Å²) in [4.78, 5) is 9.65. The number of halogens is 3. The third kappa shape index (κ3) is 2.56. The Morgan fingerprint density at radius 2 is 2.15 bits per heavy atom. The van der Waals surface area contributed by atoms with Gasteiger partial charge in [-0.2, -0.15) is 8.78 Å². The fourth-order valence-corrected chi connectivity index (χ4v) is 4.87. The lowest BCUT2D eigenvalue weighted by Crippen LogP contribution is -2.14. The minimum atomic E-state index is -2.89. The van der Waals surface area contributed by atoms with Crippen LogP contribution in [0, 0.1) is 0 Å². The predicted octanol–water partition coefficient (Wildman–Crippen LogP) is 5.45. The molecule has 0 saturated heterocycles. The molecule has 0 N–H and O–H groups in total. The molecule has 2 bridgehead atoms. The third-order valence-corrected chi connectivity index (χ3v) is 5.99. The Kier molecular flexibility index (Phi) is 3.91. The van der Waals surface area contributed by atoms with Gasteiger partial charge in [0.05, 0.1) is 22.1 Å². The van der Waals surface area contributed by atoms with Gasteiger partial charge in [0.25, 0.3) is 0 Å². The fourth-order valence-electron chi connectivity index (χ4n) is 4.07. The molecule has 0 unspecified atom stereocenters. The fraction of sp³-hybridized carbons (Fsp3) is 0.263. The van der Waals surface area contributed by atoms with E-state index in [2.05, 4.69) is 4.57 Å². The van der Waals surface area contributed by atoms with Crippen molar-refractivity contribution >= 4 is 39.4 Å². The molecule has 138 valence electrons. The normalized spacial score (nSPS) is 20.4. The van der Waals surface area contributed by atoms with Crippen molar-refractivity contribution in [2.45, 2.75) is 25.1 Å². The van der Waals surface area contributed by atoms with Crippen LogP contribution in [0.4, 0.5) is 8.78 Å². The molecule has 0 aliphatic carbocycles. The van der Waals surface area contributed by atoms with Crippen molar-refractivity contribution in [3.63, 3.8) is 0 Å². The Labute approximate surface area is 163 Å². The van der Waals surface area contributed by atoms with Gasteiger partial charge >= 0.3 is 6.61 Å². The monoisotopic (exact) mass is 405 g/mol. The molecule has 0 saturated carbocycles. The topological polar surface area (TPSA) is 39.4 Å². The molecule has 2 atom stereocenters. The van der Waals surface area contributed by atoms with Gasteiger partial charge in [-0.25, -0.2) is 4.98 Å². The van der Waals surface area contributed by atoms with Crippen LogP contribution in [-0.4, -0.2) is 27.5 Å². The molecule has 1 aromatic heterocycles. The summed E-state index contributed by atoms with van der Waals surface area (Å²) in [6.45, 7) is -2.89. The lowest BCUT2D eigenvalue weighted by molar-refractivity contribution is -0.0506. The van der Waals surface area contributed by atoms with Crippen LogP contribution >= 0.6 is 23.4 Å². The van der Waals surface area contributed by atoms with Crippen molar-refractivity contribution in [3.05, 3.63) is 58.4 Å². The van der Waals surface area contributed by atoms with Gasteiger partial charge in [-0.15, -0.1) is 11.8 Å². The molecule has 5 rings (SSSR count). The molecule has 3 heterocycles. The second-order valence-corrected chi connectivity index (χ2v) is 7.71. The van der Waals surface area contributed by atoms with Crippen molar-refractivity contribution in [2.24, 2.45) is 4.99 Å². The number of imidazole rings is 1. The summed E-state index contributed by atoms with van der Waals surface area (Å²) in [5, 5.41) is 1.42. The molecule has 2 aliphatic heterocycles. The van der Waals surface area contributed by atoms with E-state index >= 15 is 0 Å². The number of hydrogen-bond donors (Lipinski definition) is 0. The maximum atomic E-state index is 13.1. The van der Waals surface area contributed by atoms with Gasteiger partial charge < -0.3 is 9.30 Å². The van der Waals surface area contributed by atoms with Crippen LogP contribution in [0.3, 0.4) is 0 Å². The first kappa shape index (κ1) is 17.0. The van der Waals surface area contributed by atoms with E-state index in [1.54, 1.807) is 18.2 Å². The van der Waals surface area contributed by atoms with Gasteiger partial charge in [0, 0.05) is 22.6 Å². The third-order valence-electron chi connectivity index (χ3n) is 5.05. The zero-order valence-corrected chi connectivity index (χ0v) is 15.8. The van der Waals surface area contributed by atoms with E-state index in [0.717, 1.165) is 33.0 Å². The number of aromatic nitrogens is 2. The average Bonchev–Trinajstić information content (AvgIpc) is 3.10. The number of benzene rings is 2. The van der Waals surface area contributed by atoms with Gasteiger partial charge in [-0.3, -0.25) is 4.99 Å². The first-order valence-corrected chi connectivity index (χ1v) is 10.0. The smallest absolute Gasteiger partial charge is 0.387 e. The van der Waals surface area contributed by atoms with Gasteiger partial charge in [0.15, 0.2) is 0 Å². The number of hydrogen-bond acceptors (Lipinski definition) is 4. The molecule has 8 heteroatoms. The Morgan fingerprint density at radius 1 is 1.30 bits per heavy atom. The number of fused-ring (bicyclic) bond motifs is 9. The van der Waals surface area contributed by atoms with Crippen LogP contribution in [0.25, 0.3) is 11.0 Å². The van der Waals surface area contributed by atoms with Crippen LogP contribution in [0.1, 0.15) is 35.5 Å². The number of aliphatic imine (C=N–C) groups is 1. The van der Waals surface area contributed by atoms with E-state index in [1.165, 1.54) is 11.8 Å². The molecular weight excluding hydrogens is 392 g/mol. The maximum Gasteiger partial charge on any atom is 0.387 e. The van der Waals surface area contributed by atoms with Crippen molar-refractivity contribution in [2.75, 3.05) is 6.26 Å². The van der Waals surface area contributed by atoms with E-state index in [-0.39, 0.29) is 17.8 Å². The quantitative estimate of drug-likeness (QED) is 0.569. The van der Waals surface area contributed by atoms with E-state index in [0.29, 0.717) is 11.4 Å². The number of nitrogens with zero attached hydrogens (tertiary/aromatic N) is 3. The van der Waals surface area contributed by atoms with Crippen LogP contribution in [0.5, 0.6) is 5.75 Å². The second-order valence-electron chi connectivity index (χ2n) is 6.47. The first-order chi connectivity index (χ1) is 13.1. The molecular formula is C19H14ClF2N3OS. The molecule has 3 aromatic rings.